The van der Waals surface area contributed by atoms with Gasteiger partial charge in [-0.15, -0.1) is 0 Å². The molecule has 1 saturated carbocycles. The Balaban J connectivity index is 1.28. The molecule has 0 bridgehead atoms. The number of rotatable bonds is 7. The number of benzene rings is 2. The quantitative estimate of drug-likeness (QED) is 0.215. The number of fused-ring (bicyclic) bond motifs is 1. The standard InChI is InChI=1S/C28H26Cl2N6O4/c29-18-3-1-2-15(10-18)13-31-25(38)16-4-9-22(30)23(12-16)34-26(39)21-11-17-14-32-28(36-24(17)35-27(21)40)33-19-5-7-20(37)8-6-19/h1-4,9-12,14,19-20,37H,5-8,13H2,(H,31,38)(H,34,39)(H2,32,33,35,36,40)/t19-,20+. The van der Waals surface area contributed by atoms with E-state index in [-0.39, 0.29) is 52.1 Å². The molecule has 10 nitrogen and oxygen atoms in total. The van der Waals surface area contributed by atoms with Gasteiger partial charge in [0.05, 0.1) is 16.8 Å². The van der Waals surface area contributed by atoms with Gasteiger partial charge in [0.2, 0.25) is 5.95 Å². The van der Waals surface area contributed by atoms with Crippen molar-refractivity contribution in [2.24, 2.45) is 0 Å². The number of H-pyrrole nitrogens is 1. The maximum absolute atomic E-state index is 13.0. The average Bonchev–Trinajstić information content (AvgIpc) is 2.93. The van der Waals surface area contributed by atoms with Crippen LogP contribution in [-0.2, 0) is 6.54 Å². The lowest BCUT2D eigenvalue weighted by molar-refractivity contribution is 0.0949. The molecule has 206 valence electrons. The molecule has 0 saturated heterocycles. The first-order valence-corrected chi connectivity index (χ1v) is 13.5. The first kappa shape index (κ1) is 27.6. The van der Waals surface area contributed by atoms with Gasteiger partial charge in [0, 0.05) is 34.8 Å². The Bertz CT molecular complexity index is 1640. The second-order valence-electron chi connectivity index (χ2n) is 9.62. The number of aliphatic hydroxyl groups is 1. The number of aromatic amines is 1. The molecule has 0 spiro atoms. The predicted octanol–water partition coefficient (Wildman–Crippen LogP) is 4.52. The molecule has 2 aromatic carbocycles. The Morgan fingerprint density at radius 3 is 2.60 bits per heavy atom. The summed E-state index contributed by atoms with van der Waals surface area (Å²) in [5, 5.41) is 19.6. The number of hydrogen-bond donors (Lipinski definition) is 5. The Kier molecular flexibility index (Phi) is 8.29. The highest BCUT2D eigenvalue weighted by molar-refractivity contribution is 6.34. The topological polar surface area (TPSA) is 149 Å². The van der Waals surface area contributed by atoms with Gasteiger partial charge in [-0.05, 0) is 67.6 Å². The number of anilines is 2. The lowest BCUT2D eigenvalue weighted by atomic mass is 9.93. The first-order valence-electron chi connectivity index (χ1n) is 12.7. The summed E-state index contributed by atoms with van der Waals surface area (Å²) in [5.41, 5.74) is 0.767. The third-order valence-electron chi connectivity index (χ3n) is 6.69. The number of halogens is 2. The van der Waals surface area contributed by atoms with Crippen molar-refractivity contribution in [1.82, 2.24) is 20.3 Å². The van der Waals surface area contributed by atoms with Gasteiger partial charge in [0.1, 0.15) is 11.2 Å². The van der Waals surface area contributed by atoms with Gasteiger partial charge < -0.3 is 26.0 Å². The summed E-state index contributed by atoms with van der Waals surface area (Å²) < 4.78 is 0. The van der Waals surface area contributed by atoms with Crippen LogP contribution < -0.4 is 21.5 Å². The Morgan fingerprint density at radius 1 is 1.02 bits per heavy atom. The Morgan fingerprint density at radius 2 is 1.82 bits per heavy atom. The highest BCUT2D eigenvalue weighted by Crippen LogP contribution is 2.25. The molecule has 2 amide bonds. The molecule has 0 aliphatic heterocycles. The number of nitrogens with one attached hydrogen (secondary N) is 4. The molecule has 5 N–H and O–H groups in total. The van der Waals surface area contributed by atoms with Gasteiger partial charge in [-0.25, -0.2) is 4.98 Å². The van der Waals surface area contributed by atoms with E-state index >= 15 is 0 Å². The van der Waals surface area contributed by atoms with Gasteiger partial charge in [-0.1, -0.05) is 35.3 Å². The third-order valence-corrected chi connectivity index (χ3v) is 7.25. The zero-order valence-electron chi connectivity index (χ0n) is 21.2. The second-order valence-corrected chi connectivity index (χ2v) is 10.5. The number of pyridine rings is 1. The van der Waals surface area contributed by atoms with Crippen LogP contribution in [0.2, 0.25) is 10.0 Å². The van der Waals surface area contributed by atoms with Crippen LogP contribution >= 0.6 is 23.2 Å². The van der Waals surface area contributed by atoms with Gasteiger partial charge in [0.25, 0.3) is 17.4 Å². The number of aliphatic hydroxyl groups excluding tert-OH is 1. The minimum atomic E-state index is -0.704. The molecule has 4 aromatic rings. The number of nitrogens with zero attached hydrogens (tertiary/aromatic N) is 2. The van der Waals surface area contributed by atoms with E-state index in [0.29, 0.717) is 29.2 Å². The summed E-state index contributed by atoms with van der Waals surface area (Å²) in [6.07, 6.45) is 4.26. The highest BCUT2D eigenvalue weighted by atomic mass is 35.5. The third kappa shape index (κ3) is 6.59. The molecule has 1 aliphatic carbocycles. The van der Waals surface area contributed by atoms with Crippen LogP contribution in [0.3, 0.4) is 0 Å². The van der Waals surface area contributed by atoms with Crippen LogP contribution in [0.1, 0.15) is 52.0 Å². The Labute approximate surface area is 239 Å². The summed E-state index contributed by atoms with van der Waals surface area (Å²) in [7, 11) is 0. The molecule has 2 heterocycles. The molecule has 1 fully saturated rings. The molecule has 0 atom stereocenters. The van der Waals surface area contributed by atoms with Crippen molar-refractivity contribution in [2.45, 2.75) is 44.4 Å². The molecular weight excluding hydrogens is 555 g/mol. The van der Waals surface area contributed by atoms with Gasteiger partial charge in [0.15, 0.2) is 0 Å². The molecule has 2 aromatic heterocycles. The van der Waals surface area contributed by atoms with Crippen molar-refractivity contribution in [3.05, 3.63) is 91.8 Å². The van der Waals surface area contributed by atoms with Crippen molar-refractivity contribution in [2.75, 3.05) is 10.6 Å². The van der Waals surface area contributed by atoms with Crippen LogP contribution in [0.25, 0.3) is 11.0 Å². The van der Waals surface area contributed by atoms with E-state index in [1.165, 1.54) is 30.5 Å². The molecule has 0 radical (unpaired) electrons. The number of hydrogen-bond acceptors (Lipinski definition) is 7. The Hall–Kier alpha value is -3.99. The number of amides is 2. The second kappa shape index (κ2) is 12.0. The average molecular weight is 581 g/mol. The molecule has 40 heavy (non-hydrogen) atoms. The fraction of sp³-hybridized carbons (Fsp3) is 0.250. The summed E-state index contributed by atoms with van der Waals surface area (Å²) in [6.45, 7) is 0.263. The van der Waals surface area contributed by atoms with Crippen LogP contribution in [0.15, 0.2) is 59.5 Å². The van der Waals surface area contributed by atoms with Crippen LogP contribution in [0.4, 0.5) is 11.6 Å². The maximum Gasteiger partial charge on any atom is 0.262 e. The van der Waals surface area contributed by atoms with Crippen molar-refractivity contribution in [1.29, 1.82) is 0 Å². The largest absolute Gasteiger partial charge is 0.393 e. The van der Waals surface area contributed by atoms with E-state index in [1.54, 1.807) is 18.2 Å². The summed E-state index contributed by atoms with van der Waals surface area (Å²) in [4.78, 5) is 49.8. The van der Waals surface area contributed by atoms with Crippen molar-refractivity contribution < 1.29 is 14.7 Å². The molecule has 5 rings (SSSR count). The van der Waals surface area contributed by atoms with Gasteiger partial charge in [-0.3, -0.25) is 14.4 Å². The zero-order chi connectivity index (χ0) is 28.2. The minimum Gasteiger partial charge on any atom is -0.393 e. The lowest BCUT2D eigenvalue weighted by Gasteiger charge is -2.26. The van der Waals surface area contributed by atoms with E-state index in [0.717, 1.165) is 18.4 Å². The normalized spacial score (nSPS) is 16.9. The summed E-state index contributed by atoms with van der Waals surface area (Å²) >= 11 is 12.3. The van der Waals surface area contributed by atoms with E-state index in [2.05, 4.69) is 30.9 Å². The predicted molar refractivity (Wildman–Crippen MR) is 154 cm³/mol. The molecule has 12 heteroatoms. The van der Waals surface area contributed by atoms with Crippen LogP contribution in [-0.4, -0.2) is 44.0 Å². The first-order chi connectivity index (χ1) is 19.2. The van der Waals surface area contributed by atoms with Crippen molar-refractivity contribution >= 4 is 57.7 Å². The SMILES string of the molecule is O=C(NCc1cccc(Cl)c1)c1ccc(Cl)c(NC(=O)c2cc3cnc(N[C@H]4CC[C@@H](O)CC4)nc3[nH]c2=O)c1. The van der Waals surface area contributed by atoms with E-state index < -0.39 is 11.5 Å². The zero-order valence-corrected chi connectivity index (χ0v) is 22.7. The fourth-order valence-electron chi connectivity index (χ4n) is 4.52. The minimum absolute atomic E-state index is 0.136. The highest BCUT2D eigenvalue weighted by Gasteiger charge is 2.21. The number of carbonyl (C=O) groups excluding carboxylic acids is 2. The van der Waals surface area contributed by atoms with Gasteiger partial charge in [-0.2, -0.15) is 4.98 Å². The van der Waals surface area contributed by atoms with Crippen LogP contribution in [0, 0.1) is 0 Å². The van der Waals surface area contributed by atoms with Crippen LogP contribution in [0.5, 0.6) is 0 Å². The maximum atomic E-state index is 13.0. The number of aromatic nitrogens is 3. The van der Waals surface area contributed by atoms with E-state index in [1.807, 2.05) is 6.07 Å². The monoisotopic (exact) mass is 580 g/mol. The summed E-state index contributed by atoms with van der Waals surface area (Å²) in [6, 6.07) is 13.1. The summed E-state index contributed by atoms with van der Waals surface area (Å²) in [5.74, 6) is -0.717. The van der Waals surface area contributed by atoms with E-state index in [4.69, 9.17) is 23.2 Å². The fourth-order valence-corrected chi connectivity index (χ4v) is 4.89. The lowest BCUT2D eigenvalue weighted by Crippen LogP contribution is -2.29. The molecule has 1 aliphatic rings. The van der Waals surface area contributed by atoms with Crippen molar-refractivity contribution in [3.8, 4) is 0 Å². The number of carbonyl (C=O) groups is 2. The van der Waals surface area contributed by atoms with Crippen molar-refractivity contribution in [3.63, 3.8) is 0 Å². The molecular formula is C28H26Cl2N6O4. The smallest absolute Gasteiger partial charge is 0.262 e. The molecule has 0 unspecified atom stereocenters. The van der Waals surface area contributed by atoms with Gasteiger partial charge >= 0.3 is 0 Å². The van der Waals surface area contributed by atoms with E-state index in [9.17, 15) is 19.5 Å².